The molecule has 1 aromatic rings. The molecule has 1 aromatic carbocycles. The minimum absolute atomic E-state index is 0.0447. The van der Waals surface area contributed by atoms with Gasteiger partial charge in [-0.2, -0.15) is 0 Å². The van der Waals surface area contributed by atoms with Gasteiger partial charge in [0, 0.05) is 26.3 Å². The van der Waals surface area contributed by atoms with E-state index in [1.54, 1.807) is 19.2 Å². The van der Waals surface area contributed by atoms with Gasteiger partial charge in [-0.3, -0.25) is 10.1 Å². The van der Waals surface area contributed by atoms with Crippen molar-refractivity contribution in [1.29, 1.82) is 0 Å². The zero-order valence-corrected chi connectivity index (χ0v) is 10.9. The lowest BCUT2D eigenvalue weighted by atomic mass is 10.1. The number of hydrogen-bond acceptors (Lipinski definition) is 5. The summed E-state index contributed by atoms with van der Waals surface area (Å²) in [5, 5.41) is 20.2. The maximum absolute atomic E-state index is 11.1. The largest absolute Gasteiger partial charge is 0.392 e. The number of piperidine rings is 1. The first-order valence-corrected chi connectivity index (χ1v) is 6.31. The molecule has 1 saturated heterocycles. The van der Waals surface area contributed by atoms with E-state index in [0.29, 0.717) is 17.8 Å². The van der Waals surface area contributed by atoms with Crippen molar-refractivity contribution in [2.75, 3.05) is 25.1 Å². The van der Waals surface area contributed by atoms with E-state index in [2.05, 4.69) is 0 Å². The van der Waals surface area contributed by atoms with Crippen molar-refractivity contribution in [2.45, 2.75) is 25.6 Å². The third-order valence-electron chi connectivity index (χ3n) is 3.47. The summed E-state index contributed by atoms with van der Waals surface area (Å²) >= 11 is 0. The number of methoxy groups -OCH3 is 1. The van der Waals surface area contributed by atoms with Crippen LogP contribution in [0.25, 0.3) is 0 Å². The first kappa shape index (κ1) is 13.8. The SMILES string of the molecule is COC1CCCN(c2ccc(CO)cc2[N+](=O)[O-])C1. The number of ether oxygens (including phenoxy) is 1. The highest BCUT2D eigenvalue weighted by molar-refractivity contribution is 5.64. The quantitative estimate of drug-likeness (QED) is 0.663. The Hall–Kier alpha value is -1.66. The lowest BCUT2D eigenvalue weighted by Crippen LogP contribution is -2.39. The van der Waals surface area contributed by atoms with Crippen molar-refractivity contribution in [2.24, 2.45) is 0 Å². The molecule has 1 fully saturated rings. The second-order valence-corrected chi connectivity index (χ2v) is 4.68. The van der Waals surface area contributed by atoms with Gasteiger partial charge >= 0.3 is 0 Å². The van der Waals surface area contributed by atoms with Crippen LogP contribution in [-0.4, -0.2) is 36.3 Å². The van der Waals surface area contributed by atoms with Crippen LogP contribution in [0, 0.1) is 10.1 Å². The van der Waals surface area contributed by atoms with Gasteiger partial charge in [0.15, 0.2) is 0 Å². The van der Waals surface area contributed by atoms with Crippen molar-refractivity contribution < 1.29 is 14.8 Å². The van der Waals surface area contributed by atoms with Crippen LogP contribution in [0.4, 0.5) is 11.4 Å². The number of nitro groups is 1. The fourth-order valence-corrected chi connectivity index (χ4v) is 2.43. The second kappa shape index (κ2) is 5.99. The molecule has 0 aromatic heterocycles. The number of aliphatic hydroxyl groups is 1. The predicted octanol–water partition coefficient (Wildman–Crippen LogP) is 1.70. The highest BCUT2D eigenvalue weighted by Gasteiger charge is 2.25. The Morgan fingerprint density at radius 3 is 3.00 bits per heavy atom. The number of anilines is 1. The number of nitrogens with zero attached hydrogens (tertiary/aromatic N) is 2. The highest BCUT2D eigenvalue weighted by Crippen LogP contribution is 2.31. The van der Waals surface area contributed by atoms with Crippen molar-refractivity contribution in [3.8, 4) is 0 Å². The fourth-order valence-electron chi connectivity index (χ4n) is 2.43. The maximum atomic E-state index is 11.1. The fraction of sp³-hybridized carbons (Fsp3) is 0.538. The molecule has 104 valence electrons. The minimum Gasteiger partial charge on any atom is -0.392 e. The molecule has 6 nitrogen and oxygen atoms in total. The zero-order valence-electron chi connectivity index (χ0n) is 10.9. The molecule has 0 aliphatic carbocycles. The molecule has 1 atom stereocenters. The number of hydrogen-bond donors (Lipinski definition) is 1. The Kier molecular flexibility index (Phi) is 4.34. The molecule has 0 amide bonds. The number of benzene rings is 1. The molecule has 2 rings (SSSR count). The Labute approximate surface area is 111 Å². The Morgan fingerprint density at radius 1 is 1.58 bits per heavy atom. The summed E-state index contributed by atoms with van der Waals surface area (Å²) in [7, 11) is 1.66. The van der Waals surface area contributed by atoms with Crippen molar-refractivity contribution in [1.82, 2.24) is 0 Å². The third kappa shape index (κ3) is 3.02. The van der Waals surface area contributed by atoms with Crippen LogP contribution in [-0.2, 0) is 11.3 Å². The number of nitro benzene ring substituents is 1. The summed E-state index contributed by atoms with van der Waals surface area (Å²) in [4.78, 5) is 12.7. The topological polar surface area (TPSA) is 75.8 Å². The molecule has 1 aliphatic heterocycles. The maximum Gasteiger partial charge on any atom is 0.292 e. The first-order valence-electron chi connectivity index (χ1n) is 6.31. The van der Waals surface area contributed by atoms with Crippen molar-refractivity contribution in [3.63, 3.8) is 0 Å². The summed E-state index contributed by atoms with van der Waals surface area (Å²) < 4.78 is 5.34. The Bertz CT molecular complexity index is 464. The minimum atomic E-state index is -0.398. The summed E-state index contributed by atoms with van der Waals surface area (Å²) in [6.45, 7) is 1.26. The van der Waals surface area contributed by atoms with Crippen LogP contribution in [0.15, 0.2) is 18.2 Å². The van der Waals surface area contributed by atoms with Crippen molar-refractivity contribution >= 4 is 11.4 Å². The van der Waals surface area contributed by atoms with Crippen LogP contribution < -0.4 is 4.90 Å². The van der Waals surface area contributed by atoms with Crippen LogP contribution in [0.5, 0.6) is 0 Å². The average molecular weight is 266 g/mol. The van der Waals surface area contributed by atoms with Gasteiger partial charge in [-0.15, -0.1) is 0 Å². The van der Waals surface area contributed by atoms with Crippen LogP contribution in [0.2, 0.25) is 0 Å². The van der Waals surface area contributed by atoms with E-state index in [1.807, 2.05) is 4.90 Å². The van der Waals surface area contributed by atoms with Crippen LogP contribution in [0.3, 0.4) is 0 Å². The lowest BCUT2D eigenvalue weighted by molar-refractivity contribution is -0.384. The molecule has 0 spiro atoms. The highest BCUT2D eigenvalue weighted by atomic mass is 16.6. The number of rotatable bonds is 4. The van der Waals surface area contributed by atoms with Crippen molar-refractivity contribution in [3.05, 3.63) is 33.9 Å². The standard InChI is InChI=1S/C13H18N2O4/c1-19-11-3-2-6-14(8-11)12-5-4-10(9-16)7-13(12)15(17)18/h4-5,7,11,16H,2-3,6,8-9H2,1H3. The van der Waals surface area contributed by atoms with Gasteiger partial charge in [0.05, 0.1) is 17.6 Å². The monoisotopic (exact) mass is 266 g/mol. The molecular formula is C13H18N2O4. The van der Waals surface area contributed by atoms with Crippen LogP contribution in [0.1, 0.15) is 18.4 Å². The first-order chi connectivity index (χ1) is 9.15. The molecule has 1 unspecified atom stereocenters. The van der Waals surface area contributed by atoms with Gasteiger partial charge in [-0.05, 0) is 24.5 Å². The molecule has 1 N–H and O–H groups in total. The van der Waals surface area contributed by atoms with Crippen LogP contribution >= 0.6 is 0 Å². The molecule has 0 saturated carbocycles. The third-order valence-corrected chi connectivity index (χ3v) is 3.47. The van der Waals surface area contributed by atoms with E-state index in [1.165, 1.54) is 6.07 Å². The molecule has 1 aliphatic rings. The lowest BCUT2D eigenvalue weighted by Gasteiger charge is -2.33. The summed E-state index contributed by atoms with van der Waals surface area (Å²) in [6.07, 6.45) is 2.05. The summed E-state index contributed by atoms with van der Waals surface area (Å²) in [5.41, 5.74) is 1.20. The van der Waals surface area contributed by atoms with Gasteiger partial charge in [0.2, 0.25) is 0 Å². The molecule has 6 heteroatoms. The van der Waals surface area contributed by atoms with E-state index in [-0.39, 0.29) is 18.4 Å². The second-order valence-electron chi connectivity index (χ2n) is 4.68. The normalized spacial score (nSPS) is 19.5. The van der Waals surface area contributed by atoms with E-state index in [4.69, 9.17) is 9.84 Å². The van der Waals surface area contributed by atoms with Gasteiger partial charge in [-0.1, -0.05) is 6.07 Å². The Morgan fingerprint density at radius 2 is 2.37 bits per heavy atom. The van der Waals surface area contributed by atoms with E-state index in [0.717, 1.165) is 19.4 Å². The molecule has 0 radical (unpaired) electrons. The van der Waals surface area contributed by atoms with E-state index < -0.39 is 4.92 Å². The zero-order chi connectivity index (χ0) is 13.8. The molecule has 1 heterocycles. The molecule has 19 heavy (non-hydrogen) atoms. The molecular weight excluding hydrogens is 248 g/mol. The smallest absolute Gasteiger partial charge is 0.292 e. The predicted molar refractivity (Wildman–Crippen MR) is 71.3 cm³/mol. The summed E-state index contributed by atoms with van der Waals surface area (Å²) in [6, 6.07) is 4.87. The molecule has 0 bridgehead atoms. The van der Waals surface area contributed by atoms with Gasteiger partial charge < -0.3 is 14.7 Å². The van der Waals surface area contributed by atoms with E-state index >= 15 is 0 Å². The van der Waals surface area contributed by atoms with Gasteiger partial charge in [0.1, 0.15) is 5.69 Å². The van der Waals surface area contributed by atoms with Gasteiger partial charge in [0.25, 0.3) is 5.69 Å². The van der Waals surface area contributed by atoms with E-state index in [9.17, 15) is 10.1 Å². The summed E-state index contributed by atoms with van der Waals surface area (Å²) in [5.74, 6) is 0. The number of aliphatic hydroxyl groups excluding tert-OH is 1. The Balaban J connectivity index is 2.30. The average Bonchev–Trinajstić information content (AvgIpc) is 2.46. The van der Waals surface area contributed by atoms with Gasteiger partial charge in [-0.25, -0.2) is 0 Å².